The number of oxime groups is 1. The summed E-state index contributed by atoms with van der Waals surface area (Å²) in [6.07, 6.45) is 0. The number of hydrogen-bond acceptors (Lipinski definition) is 3. The monoisotopic (exact) mass is 213 g/mol. The van der Waals surface area contributed by atoms with E-state index >= 15 is 0 Å². The van der Waals surface area contributed by atoms with E-state index in [4.69, 9.17) is 9.94 Å². The Morgan fingerprint density at radius 1 is 0.875 bits per heavy atom. The summed E-state index contributed by atoms with van der Waals surface area (Å²) in [5.74, 6) is 0.825. The minimum absolute atomic E-state index is 0.187. The summed E-state index contributed by atoms with van der Waals surface area (Å²) in [6.45, 7) is 0. The summed E-state index contributed by atoms with van der Waals surface area (Å²) in [4.78, 5) is 0. The van der Waals surface area contributed by atoms with Crippen LogP contribution in [0.4, 0.5) is 0 Å². The Labute approximate surface area is 93.6 Å². The fourth-order valence-electron chi connectivity index (χ4n) is 1.32. The van der Waals surface area contributed by atoms with Crippen LogP contribution in [0.3, 0.4) is 0 Å². The highest BCUT2D eigenvalue weighted by Crippen LogP contribution is 2.12. The zero-order valence-electron chi connectivity index (χ0n) is 8.58. The van der Waals surface area contributed by atoms with Crippen LogP contribution in [-0.4, -0.2) is 11.1 Å². The lowest BCUT2D eigenvalue weighted by atomic mass is 10.2. The van der Waals surface area contributed by atoms with E-state index in [1.807, 2.05) is 48.5 Å². The molecule has 0 saturated carbocycles. The minimum Gasteiger partial charge on any atom is -0.436 e. The first-order valence-electron chi connectivity index (χ1n) is 4.90. The second kappa shape index (κ2) is 4.98. The first-order chi connectivity index (χ1) is 7.90. The van der Waals surface area contributed by atoms with Crippen molar-refractivity contribution in [1.82, 2.24) is 0 Å². The second-order valence-corrected chi connectivity index (χ2v) is 3.19. The third-order valence-corrected chi connectivity index (χ3v) is 2.07. The van der Waals surface area contributed by atoms with Crippen molar-refractivity contribution in [2.24, 2.45) is 5.16 Å². The summed E-state index contributed by atoms with van der Waals surface area (Å²) in [6, 6.07) is 18.4. The zero-order chi connectivity index (χ0) is 11.2. The van der Waals surface area contributed by atoms with Crippen molar-refractivity contribution >= 4 is 5.90 Å². The molecule has 0 atom stereocenters. The van der Waals surface area contributed by atoms with Crippen LogP contribution >= 0.6 is 0 Å². The number of para-hydroxylation sites is 1. The topological polar surface area (TPSA) is 41.8 Å². The normalized spacial score (nSPS) is 11.1. The Morgan fingerprint density at radius 3 is 2.00 bits per heavy atom. The minimum atomic E-state index is 0.187. The van der Waals surface area contributed by atoms with Gasteiger partial charge in [-0.05, 0) is 29.4 Å². The highest BCUT2D eigenvalue weighted by atomic mass is 16.5. The molecule has 0 fully saturated rings. The van der Waals surface area contributed by atoms with Gasteiger partial charge >= 0.3 is 0 Å². The van der Waals surface area contributed by atoms with Gasteiger partial charge in [-0.25, -0.2) is 0 Å². The summed E-state index contributed by atoms with van der Waals surface area (Å²) in [7, 11) is 0. The van der Waals surface area contributed by atoms with E-state index in [9.17, 15) is 0 Å². The predicted molar refractivity (Wildman–Crippen MR) is 61.8 cm³/mol. The third-order valence-electron chi connectivity index (χ3n) is 2.07. The van der Waals surface area contributed by atoms with E-state index in [0.717, 1.165) is 5.56 Å². The molecule has 2 rings (SSSR count). The van der Waals surface area contributed by atoms with Gasteiger partial charge in [0.1, 0.15) is 5.75 Å². The van der Waals surface area contributed by atoms with Crippen molar-refractivity contribution in [3.05, 3.63) is 66.2 Å². The molecule has 1 N–H and O–H groups in total. The summed E-state index contributed by atoms with van der Waals surface area (Å²) < 4.78 is 5.45. The molecule has 0 unspecified atom stereocenters. The van der Waals surface area contributed by atoms with Crippen LogP contribution in [0.25, 0.3) is 0 Å². The van der Waals surface area contributed by atoms with Crippen molar-refractivity contribution in [1.29, 1.82) is 0 Å². The van der Waals surface area contributed by atoms with Gasteiger partial charge in [-0.3, -0.25) is 0 Å². The largest absolute Gasteiger partial charge is 0.436 e. The van der Waals surface area contributed by atoms with Gasteiger partial charge in [0.2, 0.25) is 0 Å². The molecule has 80 valence electrons. The maximum absolute atomic E-state index is 8.90. The van der Waals surface area contributed by atoms with E-state index in [2.05, 4.69) is 5.16 Å². The first kappa shape index (κ1) is 10.2. The van der Waals surface area contributed by atoms with Crippen LogP contribution in [0.5, 0.6) is 5.75 Å². The molecule has 0 radical (unpaired) electrons. The highest BCUT2D eigenvalue weighted by molar-refractivity contribution is 5.95. The molecule has 16 heavy (non-hydrogen) atoms. The van der Waals surface area contributed by atoms with E-state index in [1.54, 1.807) is 12.1 Å². The van der Waals surface area contributed by atoms with Crippen LogP contribution in [-0.2, 0) is 0 Å². The Hall–Kier alpha value is -2.29. The lowest BCUT2D eigenvalue weighted by Gasteiger charge is -2.06. The van der Waals surface area contributed by atoms with Gasteiger partial charge in [-0.1, -0.05) is 36.4 Å². The number of nitrogens with zero attached hydrogens (tertiary/aromatic N) is 1. The fourth-order valence-corrected chi connectivity index (χ4v) is 1.32. The molecule has 0 bridgehead atoms. The Morgan fingerprint density at radius 2 is 1.44 bits per heavy atom. The second-order valence-electron chi connectivity index (χ2n) is 3.19. The van der Waals surface area contributed by atoms with Crippen LogP contribution in [0.2, 0.25) is 0 Å². The van der Waals surface area contributed by atoms with Crippen molar-refractivity contribution in [3.8, 4) is 5.75 Å². The lowest BCUT2D eigenvalue weighted by molar-refractivity contribution is 0.305. The smallest absolute Gasteiger partial charge is 0.262 e. The molecule has 3 nitrogen and oxygen atoms in total. The van der Waals surface area contributed by atoms with Crippen LogP contribution < -0.4 is 4.74 Å². The van der Waals surface area contributed by atoms with Crippen molar-refractivity contribution in [2.75, 3.05) is 0 Å². The van der Waals surface area contributed by atoms with Gasteiger partial charge in [0.25, 0.3) is 5.90 Å². The molecule has 0 aliphatic rings. The number of ether oxygens (including phenoxy) is 1. The average Bonchev–Trinajstić information content (AvgIpc) is 2.38. The van der Waals surface area contributed by atoms with E-state index < -0.39 is 0 Å². The van der Waals surface area contributed by atoms with Crippen LogP contribution in [0.1, 0.15) is 5.56 Å². The molecule has 0 heterocycles. The van der Waals surface area contributed by atoms with Gasteiger partial charge in [0.15, 0.2) is 0 Å². The number of benzene rings is 2. The molecule has 0 aromatic heterocycles. The van der Waals surface area contributed by atoms with Gasteiger partial charge in [-0.2, -0.15) is 0 Å². The lowest BCUT2D eigenvalue weighted by Crippen LogP contribution is -2.09. The third kappa shape index (κ3) is 2.39. The van der Waals surface area contributed by atoms with Crippen molar-refractivity contribution < 1.29 is 9.94 Å². The number of hydrogen-bond donors (Lipinski definition) is 1. The highest BCUT2D eigenvalue weighted by Gasteiger charge is 2.05. The molecular weight excluding hydrogens is 202 g/mol. The van der Waals surface area contributed by atoms with Crippen molar-refractivity contribution in [3.63, 3.8) is 0 Å². The molecule has 0 amide bonds. The molecule has 0 aliphatic carbocycles. The molecule has 0 aliphatic heterocycles. The summed E-state index contributed by atoms with van der Waals surface area (Å²) in [5, 5.41) is 12.1. The average molecular weight is 213 g/mol. The summed E-state index contributed by atoms with van der Waals surface area (Å²) in [5.41, 5.74) is 0.730. The van der Waals surface area contributed by atoms with Crippen LogP contribution in [0, 0.1) is 0 Å². The Balaban J connectivity index is 2.20. The van der Waals surface area contributed by atoms with Crippen LogP contribution in [0.15, 0.2) is 65.8 Å². The molecule has 0 saturated heterocycles. The van der Waals surface area contributed by atoms with Gasteiger partial charge in [-0.15, -0.1) is 0 Å². The maximum atomic E-state index is 8.90. The Kier molecular flexibility index (Phi) is 3.18. The molecule has 0 spiro atoms. The van der Waals surface area contributed by atoms with E-state index in [1.165, 1.54) is 0 Å². The van der Waals surface area contributed by atoms with Crippen molar-refractivity contribution in [2.45, 2.75) is 0 Å². The standard InChI is InChI=1S/C13H11NO2/c15-14-13(11-7-3-1-4-8-11)16-12-9-5-2-6-10-12/h1-10,15H. The van der Waals surface area contributed by atoms with Gasteiger partial charge in [0, 0.05) is 5.56 Å². The quantitative estimate of drug-likeness (QED) is 0.360. The Bertz CT molecular complexity index is 466. The SMILES string of the molecule is ON=C(Oc1ccccc1)c1ccccc1. The van der Waals surface area contributed by atoms with E-state index in [-0.39, 0.29) is 5.90 Å². The molecular formula is C13H11NO2. The van der Waals surface area contributed by atoms with E-state index in [0.29, 0.717) is 5.75 Å². The summed E-state index contributed by atoms with van der Waals surface area (Å²) >= 11 is 0. The predicted octanol–water partition coefficient (Wildman–Crippen LogP) is 2.90. The fraction of sp³-hybridized carbons (Fsp3) is 0. The molecule has 2 aromatic rings. The number of rotatable bonds is 2. The molecule has 3 heteroatoms. The first-order valence-corrected chi connectivity index (χ1v) is 4.90. The molecule has 2 aromatic carbocycles. The maximum Gasteiger partial charge on any atom is 0.262 e. The van der Waals surface area contributed by atoms with Gasteiger partial charge in [0.05, 0.1) is 0 Å². The zero-order valence-corrected chi connectivity index (χ0v) is 8.58. The van der Waals surface area contributed by atoms with Gasteiger partial charge < -0.3 is 9.94 Å².